The molecule has 0 bridgehead atoms. The van der Waals surface area contributed by atoms with Gasteiger partial charge in [0.15, 0.2) is 5.82 Å². The van der Waals surface area contributed by atoms with Crippen LogP contribution in [0.1, 0.15) is 13.3 Å². The average molecular weight is 369 g/mol. The second-order valence-electron chi connectivity index (χ2n) is 6.34. The fraction of sp³-hybridized carbons (Fsp3) is 0.444. The van der Waals surface area contributed by atoms with Crippen LogP contribution in [-0.4, -0.2) is 63.5 Å². The predicted octanol–water partition coefficient (Wildman–Crippen LogP) is 1.40. The molecule has 9 nitrogen and oxygen atoms in total. The molecule has 1 saturated heterocycles. The van der Waals surface area contributed by atoms with E-state index in [1.54, 1.807) is 32.0 Å². The van der Waals surface area contributed by atoms with Gasteiger partial charge in [-0.05, 0) is 19.9 Å². The highest BCUT2D eigenvalue weighted by Crippen LogP contribution is 2.20. The predicted molar refractivity (Wildman–Crippen MR) is 101 cm³/mol. The number of pyridine rings is 1. The maximum Gasteiger partial charge on any atom is 0.215 e. The van der Waals surface area contributed by atoms with E-state index >= 15 is 0 Å². The maximum atomic E-state index is 5.58. The van der Waals surface area contributed by atoms with E-state index in [-0.39, 0.29) is 12.1 Å². The van der Waals surface area contributed by atoms with E-state index in [0.29, 0.717) is 24.1 Å². The van der Waals surface area contributed by atoms with Crippen molar-refractivity contribution < 1.29 is 9.47 Å². The molecular formula is C18H23N7O2. The number of imidazole rings is 1. The first-order chi connectivity index (χ1) is 13.3. The summed E-state index contributed by atoms with van der Waals surface area (Å²) in [7, 11) is 1.74. The molecule has 3 aromatic heterocycles. The summed E-state index contributed by atoms with van der Waals surface area (Å²) < 4.78 is 12.9. The van der Waals surface area contributed by atoms with Crippen LogP contribution in [0.3, 0.4) is 0 Å². The number of piperidine rings is 1. The maximum absolute atomic E-state index is 5.58. The topological polar surface area (TPSA) is 99.0 Å². The van der Waals surface area contributed by atoms with Crippen molar-refractivity contribution in [2.75, 3.05) is 32.1 Å². The molecule has 4 heterocycles. The Morgan fingerprint density at radius 2 is 2.22 bits per heavy atom. The van der Waals surface area contributed by atoms with Crippen molar-refractivity contribution in [2.24, 2.45) is 0 Å². The largest absolute Gasteiger partial charge is 0.478 e. The highest BCUT2D eigenvalue weighted by Gasteiger charge is 2.25. The molecule has 0 radical (unpaired) electrons. The van der Waals surface area contributed by atoms with Crippen LogP contribution in [0.2, 0.25) is 0 Å². The zero-order valence-electron chi connectivity index (χ0n) is 15.4. The van der Waals surface area contributed by atoms with E-state index in [9.17, 15) is 0 Å². The number of methoxy groups -OCH3 is 1. The molecule has 0 spiro atoms. The van der Waals surface area contributed by atoms with Gasteiger partial charge in [0.05, 0.1) is 48.4 Å². The number of nitrogens with zero attached hydrogens (tertiary/aromatic N) is 5. The van der Waals surface area contributed by atoms with E-state index in [4.69, 9.17) is 14.5 Å². The Morgan fingerprint density at radius 1 is 1.30 bits per heavy atom. The molecule has 1 aliphatic heterocycles. The lowest BCUT2D eigenvalue weighted by atomic mass is 10.0. The fourth-order valence-electron chi connectivity index (χ4n) is 3.29. The Hall–Kier alpha value is -2.78. The number of hydrogen-bond donors (Lipinski definition) is 2. The number of nitrogens with one attached hydrogen (secondary N) is 2. The van der Waals surface area contributed by atoms with Crippen LogP contribution < -0.4 is 15.4 Å². The number of hydrogen-bond acceptors (Lipinski definition) is 8. The summed E-state index contributed by atoms with van der Waals surface area (Å²) in [5, 5.41) is 6.80. The zero-order chi connectivity index (χ0) is 18.6. The van der Waals surface area contributed by atoms with Gasteiger partial charge in [-0.1, -0.05) is 0 Å². The second-order valence-corrected chi connectivity index (χ2v) is 6.34. The number of aromatic nitrogens is 5. The minimum absolute atomic E-state index is 0.142. The summed E-state index contributed by atoms with van der Waals surface area (Å²) in [6.45, 7) is 4.27. The lowest BCUT2D eigenvalue weighted by Gasteiger charge is -2.31. The van der Waals surface area contributed by atoms with Crippen LogP contribution in [0.5, 0.6) is 5.88 Å². The van der Waals surface area contributed by atoms with E-state index in [1.165, 1.54) is 0 Å². The lowest BCUT2D eigenvalue weighted by molar-refractivity contribution is 0.0664. The fourth-order valence-corrected chi connectivity index (χ4v) is 3.29. The van der Waals surface area contributed by atoms with Gasteiger partial charge in [0.25, 0.3) is 0 Å². The molecule has 1 fully saturated rings. The molecule has 4 rings (SSSR count). The van der Waals surface area contributed by atoms with E-state index in [2.05, 4.69) is 25.6 Å². The first-order valence-corrected chi connectivity index (χ1v) is 9.07. The molecule has 27 heavy (non-hydrogen) atoms. The summed E-state index contributed by atoms with van der Waals surface area (Å²) >= 11 is 0. The summed E-state index contributed by atoms with van der Waals surface area (Å²) in [6, 6.07) is 1.96. The van der Waals surface area contributed by atoms with Crippen LogP contribution in [0.15, 0.2) is 31.0 Å². The Balaban J connectivity index is 1.59. The third-order valence-corrected chi connectivity index (χ3v) is 4.62. The SMILES string of the molecule is CCOc1cc2ncn(-c3cncc(NC4CNCC[C@@H]4OC)n3)c2cn1. The van der Waals surface area contributed by atoms with Crippen molar-refractivity contribution in [1.82, 2.24) is 29.8 Å². The number of fused-ring (bicyclic) bond motifs is 1. The Labute approximate surface area is 157 Å². The minimum Gasteiger partial charge on any atom is -0.478 e. The summed E-state index contributed by atoms with van der Waals surface area (Å²) in [6.07, 6.45) is 7.98. The van der Waals surface area contributed by atoms with Crippen molar-refractivity contribution in [1.29, 1.82) is 0 Å². The molecule has 0 aliphatic carbocycles. The van der Waals surface area contributed by atoms with Gasteiger partial charge in [0.2, 0.25) is 5.88 Å². The number of anilines is 1. The van der Waals surface area contributed by atoms with Gasteiger partial charge in [-0.15, -0.1) is 0 Å². The smallest absolute Gasteiger partial charge is 0.215 e. The summed E-state index contributed by atoms with van der Waals surface area (Å²) in [4.78, 5) is 17.8. The molecule has 2 atom stereocenters. The van der Waals surface area contributed by atoms with Crippen LogP contribution in [0.25, 0.3) is 16.9 Å². The van der Waals surface area contributed by atoms with E-state index in [1.807, 2.05) is 17.6 Å². The van der Waals surface area contributed by atoms with E-state index in [0.717, 1.165) is 30.5 Å². The first kappa shape index (κ1) is 17.6. The molecule has 1 aliphatic rings. The standard InChI is InChI=1S/C18H23N7O2/c1-3-27-18-6-12-14(8-21-18)25(11-22-12)17-10-20-9-16(24-17)23-13-7-19-5-4-15(13)26-2/h6,8-11,13,15,19H,3-5,7H2,1-2H3,(H,23,24)/t13?,15-/m0/s1. The van der Waals surface area contributed by atoms with Crippen LogP contribution in [0.4, 0.5) is 5.82 Å². The molecule has 1 unspecified atom stereocenters. The minimum atomic E-state index is 0.142. The molecule has 9 heteroatoms. The van der Waals surface area contributed by atoms with Crippen LogP contribution >= 0.6 is 0 Å². The van der Waals surface area contributed by atoms with Crippen molar-refractivity contribution in [3.63, 3.8) is 0 Å². The summed E-state index contributed by atoms with van der Waals surface area (Å²) in [5.41, 5.74) is 1.64. The summed E-state index contributed by atoms with van der Waals surface area (Å²) in [5.74, 6) is 1.93. The van der Waals surface area contributed by atoms with Gasteiger partial charge >= 0.3 is 0 Å². The van der Waals surface area contributed by atoms with Crippen molar-refractivity contribution in [3.05, 3.63) is 31.0 Å². The average Bonchev–Trinajstić information content (AvgIpc) is 3.12. The van der Waals surface area contributed by atoms with Crippen LogP contribution in [0, 0.1) is 0 Å². The van der Waals surface area contributed by atoms with Crippen molar-refractivity contribution in [3.8, 4) is 11.7 Å². The molecular weight excluding hydrogens is 346 g/mol. The number of rotatable bonds is 6. The molecule has 0 saturated carbocycles. The van der Waals surface area contributed by atoms with Crippen LogP contribution in [-0.2, 0) is 4.74 Å². The van der Waals surface area contributed by atoms with Gasteiger partial charge in [-0.2, -0.15) is 0 Å². The Kier molecular flexibility index (Phi) is 5.12. The number of ether oxygens (including phenoxy) is 2. The van der Waals surface area contributed by atoms with Gasteiger partial charge in [0, 0.05) is 19.7 Å². The highest BCUT2D eigenvalue weighted by atomic mass is 16.5. The highest BCUT2D eigenvalue weighted by molar-refractivity contribution is 5.77. The monoisotopic (exact) mass is 369 g/mol. The second kappa shape index (κ2) is 7.85. The third kappa shape index (κ3) is 3.69. The first-order valence-electron chi connectivity index (χ1n) is 9.07. The van der Waals surface area contributed by atoms with Crippen molar-refractivity contribution in [2.45, 2.75) is 25.5 Å². The molecule has 142 valence electrons. The van der Waals surface area contributed by atoms with Gasteiger partial charge in [-0.25, -0.2) is 15.0 Å². The molecule has 2 N–H and O–H groups in total. The van der Waals surface area contributed by atoms with Crippen molar-refractivity contribution >= 4 is 16.9 Å². The van der Waals surface area contributed by atoms with Gasteiger partial charge < -0.3 is 20.1 Å². The zero-order valence-corrected chi connectivity index (χ0v) is 15.4. The van der Waals surface area contributed by atoms with E-state index < -0.39 is 0 Å². The third-order valence-electron chi connectivity index (χ3n) is 4.62. The van der Waals surface area contributed by atoms with Gasteiger partial charge in [-0.3, -0.25) is 9.55 Å². The Bertz CT molecular complexity index is 914. The normalized spacial score (nSPS) is 19.9. The van der Waals surface area contributed by atoms with Gasteiger partial charge in [0.1, 0.15) is 12.1 Å². The molecule has 0 amide bonds. The Morgan fingerprint density at radius 3 is 3.07 bits per heavy atom. The lowest BCUT2D eigenvalue weighted by Crippen LogP contribution is -2.49. The molecule has 0 aromatic carbocycles. The quantitative estimate of drug-likeness (QED) is 0.673. The molecule has 3 aromatic rings.